The van der Waals surface area contributed by atoms with Crippen LogP contribution >= 0.6 is 0 Å². The van der Waals surface area contributed by atoms with Crippen molar-refractivity contribution in [1.82, 2.24) is 14.7 Å². The second-order valence-corrected chi connectivity index (χ2v) is 6.37. The first-order valence-corrected chi connectivity index (χ1v) is 8.47. The molecule has 2 aromatic rings. The van der Waals surface area contributed by atoms with E-state index < -0.39 is 5.91 Å². The minimum Gasteiger partial charge on any atom is -0.490 e. The van der Waals surface area contributed by atoms with Crippen molar-refractivity contribution in [3.63, 3.8) is 0 Å². The first-order valence-electron chi connectivity index (χ1n) is 8.47. The molecule has 0 aliphatic carbocycles. The predicted molar refractivity (Wildman–Crippen MR) is 91.5 cm³/mol. The minimum atomic E-state index is -0.441. The third-order valence-corrected chi connectivity index (χ3v) is 4.44. The molecule has 0 radical (unpaired) electrons. The summed E-state index contributed by atoms with van der Waals surface area (Å²) < 4.78 is 20.5. The molecule has 2 amide bonds. The number of halogens is 1. The van der Waals surface area contributed by atoms with Gasteiger partial charge in [0.2, 0.25) is 11.8 Å². The van der Waals surface area contributed by atoms with Gasteiger partial charge in [-0.05, 0) is 30.3 Å². The van der Waals surface area contributed by atoms with E-state index in [-0.39, 0.29) is 36.7 Å². The zero-order chi connectivity index (χ0) is 18.5. The number of hydrogen-bond acceptors (Lipinski definition) is 4. The van der Waals surface area contributed by atoms with E-state index in [4.69, 9.17) is 10.5 Å². The first-order chi connectivity index (χ1) is 12.5. The number of amides is 2. The fourth-order valence-electron chi connectivity index (χ4n) is 3.17. The molecule has 1 aliphatic heterocycles. The van der Waals surface area contributed by atoms with Gasteiger partial charge in [0.15, 0.2) is 0 Å². The van der Waals surface area contributed by atoms with E-state index in [0.717, 1.165) is 0 Å². The monoisotopic (exact) mass is 360 g/mol. The zero-order valence-electron chi connectivity index (χ0n) is 14.3. The minimum absolute atomic E-state index is 0.0663. The molecule has 1 aliphatic rings. The van der Waals surface area contributed by atoms with Gasteiger partial charge in [-0.3, -0.25) is 14.3 Å². The summed E-state index contributed by atoms with van der Waals surface area (Å²) in [7, 11) is 0. The Bertz CT molecular complexity index is 748. The fraction of sp³-hybridized carbons (Fsp3) is 0.389. The molecular weight excluding hydrogens is 339 g/mol. The van der Waals surface area contributed by atoms with E-state index in [1.807, 2.05) is 0 Å². The summed E-state index contributed by atoms with van der Waals surface area (Å²) in [4.78, 5) is 25.6. The number of piperidine rings is 1. The maximum absolute atomic E-state index is 13.0. The number of primary amides is 1. The Morgan fingerprint density at radius 1 is 1.31 bits per heavy atom. The maximum Gasteiger partial charge on any atom is 0.244 e. The zero-order valence-corrected chi connectivity index (χ0v) is 14.3. The number of carbonyl (C=O) groups excluding carboxylic acids is 2. The summed E-state index contributed by atoms with van der Waals surface area (Å²) in [6.07, 6.45) is 3.77. The van der Waals surface area contributed by atoms with Crippen LogP contribution in [0.3, 0.4) is 0 Å². The molecule has 7 nitrogen and oxygen atoms in total. The number of hydrogen-bond donors (Lipinski definition) is 1. The number of aromatic nitrogens is 2. The molecule has 2 heterocycles. The van der Waals surface area contributed by atoms with Crippen LogP contribution in [0.1, 0.15) is 12.8 Å². The van der Waals surface area contributed by atoms with Gasteiger partial charge in [0, 0.05) is 44.2 Å². The largest absolute Gasteiger partial charge is 0.490 e. The van der Waals surface area contributed by atoms with Crippen LogP contribution in [-0.2, 0) is 16.1 Å². The molecule has 3 rings (SSSR count). The molecule has 0 bridgehead atoms. The van der Waals surface area contributed by atoms with Crippen LogP contribution < -0.4 is 10.5 Å². The van der Waals surface area contributed by atoms with Crippen molar-refractivity contribution >= 4 is 11.8 Å². The van der Waals surface area contributed by atoms with E-state index >= 15 is 0 Å². The van der Waals surface area contributed by atoms with E-state index in [2.05, 4.69) is 5.10 Å². The maximum atomic E-state index is 13.0. The predicted octanol–water partition coefficient (Wildman–Crippen LogP) is 1.19. The molecule has 0 unspecified atom stereocenters. The lowest BCUT2D eigenvalue weighted by Crippen LogP contribution is -2.49. The van der Waals surface area contributed by atoms with Gasteiger partial charge < -0.3 is 15.4 Å². The summed E-state index contributed by atoms with van der Waals surface area (Å²) in [5, 5.41) is 4.04. The number of benzene rings is 1. The summed E-state index contributed by atoms with van der Waals surface area (Å²) in [6.45, 7) is 1.05. The average molecular weight is 360 g/mol. The van der Waals surface area contributed by atoms with Gasteiger partial charge in [-0.1, -0.05) is 0 Å². The van der Waals surface area contributed by atoms with E-state index in [0.29, 0.717) is 25.3 Å². The van der Waals surface area contributed by atoms with Crippen LogP contribution in [0.15, 0.2) is 42.7 Å². The highest BCUT2D eigenvalue weighted by molar-refractivity contribution is 5.77. The number of rotatable bonds is 6. The molecule has 1 aromatic heterocycles. The quantitative estimate of drug-likeness (QED) is 0.838. The smallest absolute Gasteiger partial charge is 0.244 e. The number of nitrogens with zero attached hydrogens (tertiary/aromatic N) is 3. The lowest BCUT2D eigenvalue weighted by Gasteiger charge is -2.38. The number of nitrogens with two attached hydrogens (primary N) is 1. The molecule has 26 heavy (non-hydrogen) atoms. The molecule has 0 saturated carbocycles. The van der Waals surface area contributed by atoms with Gasteiger partial charge in [-0.2, -0.15) is 5.10 Å². The highest BCUT2D eigenvalue weighted by Gasteiger charge is 2.34. The molecule has 2 N–H and O–H groups in total. The van der Waals surface area contributed by atoms with Gasteiger partial charge in [-0.25, -0.2) is 4.39 Å². The Morgan fingerprint density at radius 2 is 2.08 bits per heavy atom. The second kappa shape index (κ2) is 7.99. The summed E-state index contributed by atoms with van der Waals surface area (Å²) >= 11 is 0. The Morgan fingerprint density at radius 3 is 2.73 bits per heavy atom. The lowest BCUT2D eigenvalue weighted by atomic mass is 9.91. The Hall–Kier alpha value is -2.90. The molecule has 0 spiro atoms. The van der Waals surface area contributed by atoms with Gasteiger partial charge in [0.1, 0.15) is 24.2 Å². The third-order valence-electron chi connectivity index (χ3n) is 4.44. The first kappa shape index (κ1) is 17.9. The van der Waals surface area contributed by atoms with Gasteiger partial charge >= 0.3 is 0 Å². The SMILES string of the molecule is NC(=O)C[C@H]1CN(C(=O)Cn2cccn2)CC[C@@H]1Oc1ccc(F)cc1. The number of ether oxygens (including phenoxy) is 1. The van der Waals surface area contributed by atoms with E-state index in [1.165, 1.54) is 12.1 Å². The molecule has 1 aromatic carbocycles. The average Bonchev–Trinajstić information content (AvgIpc) is 3.11. The van der Waals surface area contributed by atoms with Crippen LogP contribution in [0.2, 0.25) is 0 Å². The summed E-state index contributed by atoms with van der Waals surface area (Å²) in [5.74, 6) is -0.535. The molecule has 138 valence electrons. The van der Waals surface area contributed by atoms with Crippen molar-refractivity contribution in [2.24, 2.45) is 11.7 Å². The standard InChI is InChI=1S/C18H21FN4O3/c19-14-2-4-15(5-3-14)26-16-6-9-22(11-13(16)10-17(20)24)18(25)12-23-8-1-7-21-23/h1-5,7-8,13,16H,6,9-12H2,(H2,20,24)/t13-,16-/m0/s1. The van der Waals surface area contributed by atoms with Crippen molar-refractivity contribution in [3.05, 3.63) is 48.5 Å². The second-order valence-electron chi connectivity index (χ2n) is 6.37. The van der Waals surface area contributed by atoms with Crippen LogP contribution in [-0.4, -0.2) is 45.7 Å². The highest BCUT2D eigenvalue weighted by Crippen LogP contribution is 2.26. The molecular formula is C18H21FN4O3. The van der Waals surface area contributed by atoms with Crippen LogP contribution in [0.5, 0.6) is 5.75 Å². The normalized spacial score (nSPS) is 20.0. The van der Waals surface area contributed by atoms with Gasteiger partial charge in [0.25, 0.3) is 0 Å². The molecule has 2 atom stereocenters. The van der Waals surface area contributed by atoms with Crippen molar-refractivity contribution < 1.29 is 18.7 Å². The Balaban J connectivity index is 1.65. The van der Waals surface area contributed by atoms with E-state index in [9.17, 15) is 14.0 Å². The van der Waals surface area contributed by atoms with Crippen molar-refractivity contribution in [2.75, 3.05) is 13.1 Å². The molecule has 1 saturated heterocycles. The van der Waals surface area contributed by atoms with Gasteiger partial charge in [0.05, 0.1) is 0 Å². The topological polar surface area (TPSA) is 90.5 Å². The third kappa shape index (κ3) is 4.59. The number of carbonyl (C=O) groups is 2. The van der Waals surface area contributed by atoms with Crippen molar-refractivity contribution in [1.29, 1.82) is 0 Å². The molecule has 8 heteroatoms. The summed E-state index contributed by atoms with van der Waals surface area (Å²) in [5.41, 5.74) is 5.37. The van der Waals surface area contributed by atoms with Crippen LogP contribution in [0.4, 0.5) is 4.39 Å². The van der Waals surface area contributed by atoms with Crippen molar-refractivity contribution in [3.8, 4) is 5.75 Å². The van der Waals surface area contributed by atoms with Crippen LogP contribution in [0.25, 0.3) is 0 Å². The Kier molecular flexibility index (Phi) is 5.50. The summed E-state index contributed by atoms with van der Waals surface area (Å²) in [6, 6.07) is 7.49. The highest BCUT2D eigenvalue weighted by atomic mass is 19.1. The van der Waals surface area contributed by atoms with E-state index in [1.54, 1.807) is 40.2 Å². The number of likely N-dealkylation sites (tertiary alicyclic amines) is 1. The van der Waals surface area contributed by atoms with Crippen LogP contribution in [0, 0.1) is 11.7 Å². The Labute approximate surface area is 150 Å². The molecule has 1 fully saturated rings. The lowest BCUT2D eigenvalue weighted by molar-refractivity contribution is -0.136. The van der Waals surface area contributed by atoms with Crippen molar-refractivity contribution in [2.45, 2.75) is 25.5 Å². The fourth-order valence-corrected chi connectivity index (χ4v) is 3.17. The van der Waals surface area contributed by atoms with Gasteiger partial charge in [-0.15, -0.1) is 0 Å².